The zero-order valence-corrected chi connectivity index (χ0v) is 9.61. The van der Waals surface area contributed by atoms with Crippen LogP contribution in [0, 0.1) is 5.92 Å². The van der Waals surface area contributed by atoms with E-state index in [0.29, 0.717) is 0 Å². The van der Waals surface area contributed by atoms with Crippen LogP contribution in [0.3, 0.4) is 0 Å². The van der Waals surface area contributed by atoms with E-state index >= 15 is 0 Å². The Bertz CT molecular complexity index is 54.0. The van der Waals surface area contributed by atoms with Gasteiger partial charge in [-0.25, -0.2) is 0 Å². The second-order valence-corrected chi connectivity index (χ2v) is 3.28. The fraction of sp³-hybridized carbons (Fsp3) is 1.00. The molecule has 12 heavy (non-hydrogen) atoms. The molecule has 0 amide bonds. The van der Waals surface area contributed by atoms with Gasteiger partial charge < -0.3 is 5.32 Å². The summed E-state index contributed by atoms with van der Waals surface area (Å²) in [6, 6.07) is 0. The van der Waals surface area contributed by atoms with Gasteiger partial charge in [0.1, 0.15) is 0 Å². The van der Waals surface area contributed by atoms with E-state index in [4.69, 9.17) is 0 Å². The van der Waals surface area contributed by atoms with Crippen LogP contribution in [0.15, 0.2) is 0 Å². The Morgan fingerprint density at radius 1 is 1.00 bits per heavy atom. The maximum Gasteiger partial charge on any atom is -0.00517 e. The Kier molecular flexibility index (Phi) is 16.3. The molecule has 0 aliphatic heterocycles. The van der Waals surface area contributed by atoms with Gasteiger partial charge in [-0.2, -0.15) is 0 Å². The van der Waals surface area contributed by atoms with E-state index in [1.165, 1.54) is 19.3 Å². The molecule has 0 spiro atoms. The minimum absolute atomic E-state index is 0.935. The third-order valence-corrected chi connectivity index (χ3v) is 2.07. The quantitative estimate of drug-likeness (QED) is 0.628. The van der Waals surface area contributed by atoms with Crippen molar-refractivity contribution in [1.82, 2.24) is 5.32 Å². The van der Waals surface area contributed by atoms with E-state index < -0.39 is 0 Å². The highest BCUT2D eigenvalue weighted by Gasteiger charge is 1.88. The van der Waals surface area contributed by atoms with Crippen LogP contribution in [-0.2, 0) is 0 Å². The highest BCUT2D eigenvalue weighted by atomic mass is 14.8. The smallest absolute Gasteiger partial charge is 0.00517 e. The zero-order chi connectivity index (χ0) is 9.82. The summed E-state index contributed by atoms with van der Waals surface area (Å²) in [5.74, 6) is 0.935. The zero-order valence-electron chi connectivity index (χ0n) is 9.61. The van der Waals surface area contributed by atoms with Crippen LogP contribution >= 0.6 is 0 Å². The molecule has 1 heteroatoms. The molecule has 0 fully saturated rings. The number of rotatable bonds is 5. The lowest BCUT2D eigenvalue weighted by Gasteiger charge is -1.98. The average molecular weight is 173 g/mol. The highest BCUT2D eigenvalue weighted by Crippen LogP contribution is 2.02. The summed E-state index contributed by atoms with van der Waals surface area (Å²) in [4.78, 5) is 0. The molecule has 0 saturated heterocycles. The van der Waals surface area contributed by atoms with Crippen molar-refractivity contribution in [1.29, 1.82) is 0 Å². The first-order valence-corrected chi connectivity index (χ1v) is 5.43. The molecule has 0 aromatic rings. The molecule has 0 saturated carbocycles. The van der Waals surface area contributed by atoms with E-state index in [1.807, 2.05) is 0 Å². The second kappa shape index (κ2) is 13.5. The molecule has 0 radical (unpaired) electrons. The molecule has 0 aromatic carbocycles. The lowest BCUT2D eigenvalue weighted by atomic mass is 10.1. The van der Waals surface area contributed by atoms with Crippen LogP contribution in [0.4, 0.5) is 0 Å². The summed E-state index contributed by atoms with van der Waals surface area (Å²) in [7, 11) is 0. The average Bonchev–Trinajstić information content (AvgIpc) is 2.14. The van der Waals surface area contributed by atoms with Crippen molar-refractivity contribution < 1.29 is 0 Å². The molecule has 76 valence electrons. The van der Waals surface area contributed by atoms with Gasteiger partial charge in [-0.05, 0) is 25.4 Å². The largest absolute Gasteiger partial charge is 0.317 e. The van der Waals surface area contributed by atoms with Crippen LogP contribution in [-0.4, -0.2) is 13.1 Å². The standard InChI is InChI=1S/C6H14.C5H13N/c1-4-6(3)5-2;1-3-5-6-4-2/h6H,4-5H2,1-3H3;6H,3-5H2,1-2H3. The van der Waals surface area contributed by atoms with Crippen molar-refractivity contribution in [3.05, 3.63) is 0 Å². The molecule has 0 aliphatic rings. The lowest BCUT2D eigenvalue weighted by Crippen LogP contribution is -2.12. The van der Waals surface area contributed by atoms with E-state index in [1.54, 1.807) is 0 Å². The molecule has 0 heterocycles. The first-order valence-electron chi connectivity index (χ1n) is 5.43. The molecular formula is C11H27N. The van der Waals surface area contributed by atoms with Gasteiger partial charge in [0.15, 0.2) is 0 Å². The van der Waals surface area contributed by atoms with Crippen molar-refractivity contribution >= 4 is 0 Å². The Morgan fingerprint density at radius 2 is 1.50 bits per heavy atom. The Balaban J connectivity index is 0. The van der Waals surface area contributed by atoms with Crippen molar-refractivity contribution in [2.75, 3.05) is 13.1 Å². The molecular weight excluding hydrogens is 146 g/mol. The van der Waals surface area contributed by atoms with Crippen LogP contribution in [0.5, 0.6) is 0 Å². The van der Waals surface area contributed by atoms with E-state index in [9.17, 15) is 0 Å². The van der Waals surface area contributed by atoms with Crippen LogP contribution < -0.4 is 5.32 Å². The van der Waals surface area contributed by atoms with Gasteiger partial charge in [0.2, 0.25) is 0 Å². The first kappa shape index (κ1) is 14.5. The molecule has 0 bridgehead atoms. The molecule has 0 aliphatic carbocycles. The lowest BCUT2D eigenvalue weighted by molar-refractivity contribution is 0.544. The maximum atomic E-state index is 3.20. The summed E-state index contributed by atoms with van der Waals surface area (Å²) in [5.41, 5.74) is 0. The summed E-state index contributed by atoms with van der Waals surface area (Å²) < 4.78 is 0. The first-order chi connectivity index (χ1) is 5.72. The topological polar surface area (TPSA) is 12.0 Å². The minimum Gasteiger partial charge on any atom is -0.317 e. The van der Waals surface area contributed by atoms with Crippen LogP contribution in [0.25, 0.3) is 0 Å². The fourth-order valence-electron chi connectivity index (χ4n) is 0.642. The normalized spacial score (nSPS) is 9.50. The molecule has 0 atom stereocenters. The Labute approximate surface area is 78.9 Å². The molecule has 1 N–H and O–H groups in total. The van der Waals surface area contributed by atoms with Gasteiger partial charge in [-0.3, -0.25) is 0 Å². The van der Waals surface area contributed by atoms with Crippen molar-refractivity contribution in [2.24, 2.45) is 5.92 Å². The summed E-state index contributed by atoms with van der Waals surface area (Å²) in [6.07, 6.45) is 3.90. The Morgan fingerprint density at radius 3 is 1.58 bits per heavy atom. The number of hydrogen-bond donors (Lipinski definition) is 1. The predicted octanol–water partition coefficient (Wildman–Crippen LogP) is 3.45. The van der Waals surface area contributed by atoms with Gasteiger partial charge in [-0.15, -0.1) is 0 Å². The van der Waals surface area contributed by atoms with Crippen molar-refractivity contribution in [3.8, 4) is 0 Å². The molecule has 0 rings (SSSR count). The molecule has 0 aromatic heterocycles. The monoisotopic (exact) mass is 173 g/mol. The maximum absolute atomic E-state index is 3.20. The van der Waals surface area contributed by atoms with Crippen LogP contribution in [0.1, 0.15) is 53.9 Å². The summed E-state index contributed by atoms with van der Waals surface area (Å²) >= 11 is 0. The number of nitrogens with one attached hydrogen (secondary N) is 1. The molecule has 0 unspecified atom stereocenters. The van der Waals surface area contributed by atoms with Gasteiger partial charge in [0, 0.05) is 0 Å². The highest BCUT2D eigenvalue weighted by molar-refractivity contribution is 4.41. The van der Waals surface area contributed by atoms with E-state index in [-0.39, 0.29) is 0 Å². The van der Waals surface area contributed by atoms with E-state index in [0.717, 1.165) is 19.0 Å². The SMILES string of the molecule is CCC(C)CC.CCCNCC. The van der Waals surface area contributed by atoms with Gasteiger partial charge in [0.25, 0.3) is 0 Å². The minimum atomic E-state index is 0.935. The van der Waals surface area contributed by atoms with Crippen LogP contribution in [0.2, 0.25) is 0 Å². The Hall–Kier alpha value is -0.0400. The van der Waals surface area contributed by atoms with Crippen molar-refractivity contribution in [3.63, 3.8) is 0 Å². The molecule has 1 nitrogen and oxygen atoms in total. The van der Waals surface area contributed by atoms with Gasteiger partial charge in [-0.1, -0.05) is 47.5 Å². The third kappa shape index (κ3) is 16.5. The third-order valence-electron chi connectivity index (χ3n) is 2.07. The number of hydrogen-bond acceptors (Lipinski definition) is 1. The van der Waals surface area contributed by atoms with Gasteiger partial charge in [0.05, 0.1) is 0 Å². The van der Waals surface area contributed by atoms with Crippen molar-refractivity contribution in [2.45, 2.75) is 53.9 Å². The predicted molar refractivity (Wildman–Crippen MR) is 58.6 cm³/mol. The summed E-state index contributed by atoms with van der Waals surface area (Å²) in [6.45, 7) is 13.3. The fourth-order valence-corrected chi connectivity index (χ4v) is 0.642. The van der Waals surface area contributed by atoms with E-state index in [2.05, 4.69) is 39.9 Å². The summed E-state index contributed by atoms with van der Waals surface area (Å²) in [5, 5.41) is 3.20. The van der Waals surface area contributed by atoms with Gasteiger partial charge >= 0.3 is 0 Å². The second-order valence-electron chi connectivity index (χ2n) is 3.28.